The van der Waals surface area contributed by atoms with Crippen molar-refractivity contribution in [2.24, 2.45) is 10.9 Å². The van der Waals surface area contributed by atoms with Gasteiger partial charge in [-0.3, -0.25) is 9.89 Å². The van der Waals surface area contributed by atoms with E-state index < -0.39 is 0 Å². The van der Waals surface area contributed by atoms with E-state index in [1.54, 1.807) is 0 Å². The molecule has 166 valence electrons. The maximum atomic E-state index is 5.90. The van der Waals surface area contributed by atoms with Crippen LogP contribution in [0.1, 0.15) is 33.6 Å². The van der Waals surface area contributed by atoms with Crippen molar-refractivity contribution in [3.05, 3.63) is 30.3 Å². The van der Waals surface area contributed by atoms with Crippen LogP contribution >= 0.6 is 24.0 Å². The number of ether oxygens (including phenoxy) is 2. The van der Waals surface area contributed by atoms with Gasteiger partial charge in [0, 0.05) is 32.7 Å². The molecule has 1 unspecified atom stereocenters. The van der Waals surface area contributed by atoms with Gasteiger partial charge in [-0.15, -0.1) is 24.0 Å². The molecule has 0 spiro atoms. The lowest BCUT2D eigenvalue weighted by Gasteiger charge is -2.33. The number of para-hydroxylation sites is 1. The molecular formula is C22H39IN4O2. The lowest BCUT2D eigenvalue weighted by Crippen LogP contribution is -2.46. The average Bonchev–Trinajstić information content (AvgIpc) is 2.69. The average molecular weight is 518 g/mol. The van der Waals surface area contributed by atoms with Crippen LogP contribution < -0.4 is 15.4 Å². The minimum Gasteiger partial charge on any atom is -0.494 e. The highest BCUT2D eigenvalue weighted by Gasteiger charge is 2.20. The fraction of sp³-hybridized carbons (Fsp3) is 0.682. The van der Waals surface area contributed by atoms with E-state index in [-0.39, 0.29) is 30.1 Å². The van der Waals surface area contributed by atoms with E-state index in [1.807, 2.05) is 30.3 Å². The summed E-state index contributed by atoms with van der Waals surface area (Å²) >= 11 is 0. The first kappa shape index (κ1) is 26.0. The first-order chi connectivity index (χ1) is 13.7. The van der Waals surface area contributed by atoms with E-state index >= 15 is 0 Å². The van der Waals surface area contributed by atoms with Crippen molar-refractivity contribution < 1.29 is 9.47 Å². The normalized spacial score (nSPS) is 17.7. The predicted molar refractivity (Wildman–Crippen MR) is 132 cm³/mol. The summed E-state index contributed by atoms with van der Waals surface area (Å²) < 4.78 is 11.6. The fourth-order valence-corrected chi connectivity index (χ4v) is 3.25. The topological polar surface area (TPSA) is 58.1 Å². The van der Waals surface area contributed by atoms with Gasteiger partial charge in [0.15, 0.2) is 5.96 Å². The third kappa shape index (κ3) is 11.6. The summed E-state index contributed by atoms with van der Waals surface area (Å²) in [6.45, 7) is 13.7. The first-order valence-electron chi connectivity index (χ1n) is 10.7. The third-order valence-electron chi connectivity index (χ3n) is 4.52. The number of guanidine groups is 1. The molecule has 6 nitrogen and oxygen atoms in total. The number of unbranched alkanes of at least 4 members (excludes halogenated alkanes) is 1. The second kappa shape index (κ2) is 15.7. The molecule has 2 rings (SSSR count). The Kier molecular flexibility index (Phi) is 14.1. The van der Waals surface area contributed by atoms with Crippen molar-refractivity contribution >= 4 is 29.9 Å². The van der Waals surface area contributed by atoms with Gasteiger partial charge in [0.2, 0.25) is 0 Å². The van der Waals surface area contributed by atoms with Crippen LogP contribution in [0, 0.1) is 5.92 Å². The summed E-state index contributed by atoms with van der Waals surface area (Å²) in [6, 6.07) is 9.97. The summed E-state index contributed by atoms with van der Waals surface area (Å²) in [6.07, 6.45) is 2.23. The lowest BCUT2D eigenvalue weighted by atomic mass is 10.2. The van der Waals surface area contributed by atoms with E-state index in [9.17, 15) is 0 Å². The molecule has 0 aliphatic carbocycles. The van der Waals surface area contributed by atoms with Crippen LogP contribution in [-0.2, 0) is 4.74 Å². The Morgan fingerprint density at radius 3 is 2.76 bits per heavy atom. The number of benzene rings is 1. The van der Waals surface area contributed by atoms with Crippen molar-refractivity contribution in [3.63, 3.8) is 0 Å². The van der Waals surface area contributed by atoms with E-state index in [4.69, 9.17) is 14.5 Å². The van der Waals surface area contributed by atoms with Crippen molar-refractivity contribution in [3.8, 4) is 5.75 Å². The third-order valence-corrected chi connectivity index (χ3v) is 4.52. The van der Waals surface area contributed by atoms with Gasteiger partial charge in [0.25, 0.3) is 0 Å². The van der Waals surface area contributed by atoms with Gasteiger partial charge in [-0.2, -0.15) is 0 Å². The number of morpholine rings is 1. The van der Waals surface area contributed by atoms with E-state index in [0.717, 1.165) is 70.5 Å². The molecule has 0 radical (unpaired) electrons. The molecule has 0 bridgehead atoms. The molecule has 0 saturated carbocycles. The molecule has 1 aliphatic heterocycles. The Bertz CT molecular complexity index is 557. The Morgan fingerprint density at radius 2 is 2.03 bits per heavy atom. The standard InChI is InChI=1S/C22H38N4O2.HI/c1-4-23-22(24-12-8-9-14-27-20-10-6-5-7-11-20)25-16-21-18-26(13-15-28-21)17-19(2)3;/h5-7,10-11,19,21H,4,8-9,12-18H2,1-3H3,(H2,23,24,25);1H. The zero-order valence-corrected chi connectivity index (χ0v) is 20.6. The van der Waals surface area contributed by atoms with Crippen LogP contribution in [0.3, 0.4) is 0 Å². The Morgan fingerprint density at radius 1 is 1.24 bits per heavy atom. The zero-order valence-electron chi connectivity index (χ0n) is 18.2. The molecule has 0 amide bonds. The number of halogens is 1. The van der Waals surface area contributed by atoms with Crippen LogP contribution in [0.25, 0.3) is 0 Å². The number of aliphatic imine (C=N–C) groups is 1. The Hall–Kier alpha value is -1.06. The number of nitrogens with zero attached hydrogens (tertiary/aromatic N) is 2. The predicted octanol–water partition coefficient (Wildman–Crippen LogP) is 3.38. The molecule has 1 atom stereocenters. The van der Waals surface area contributed by atoms with Crippen LogP contribution in [0.15, 0.2) is 35.3 Å². The summed E-state index contributed by atoms with van der Waals surface area (Å²) in [5.41, 5.74) is 0. The zero-order chi connectivity index (χ0) is 20.0. The molecule has 1 aromatic rings. The van der Waals surface area contributed by atoms with Gasteiger partial charge in [0.1, 0.15) is 5.75 Å². The van der Waals surface area contributed by atoms with Gasteiger partial charge in [-0.1, -0.05) is 32.0 Å². The monoisotopic (exact) mass is 518 g/mol. The van der Waals surface area contributed by atoms with Crippen molar-refractivity contribution in [1.82, 2.24) is 15.5 Å². The molecule has 1 aliphatic rings. The molecule has 29 heavy (non-hydrogen) atoms. The highest BCUT2D eigenvalue weighted by Crippen LogP contribution is 2.09. The molecule has 1 saturated heterocycles. The van der Waals surface area contributed by atoms with Gasteiger partial charge in [-0.05, 0) is 37.8 Å². The minimum absolute atomic E-state index is 0. The molecule has 2 N–H and O–H groups in total. The maximum absolute atomic E-state index is 5.90. The Labute approximate surface area is 193 Å². The van der Waals surface area contributed by atoms with Gasteiger partial charge in [-0.25, -0.2) is 0 Å². The molecule has 7 heteroatoms. The van der Waals surface area contributed by atoms with Gasteiger partial charge >= 0.3 is 0 Å². The van der Waals surface area contributed by atoms with E-state index in [2.05, 4.69) is 36.3 Å². The van der Waals surface area contributed by atoms with Crippen LogP contribution in [0.4, 0.5) is 0 Å². The van der Waals surface area contributed by atoms with Crippen molar-refractivity contribution in [1.29, 1.82) is 0 Å². The van der Waals surface area contributed by atoms with Gasteiger partial charge in [0.05, 0.1) is 25.9 Å². The van der Waals surface area contributed by atoms with Gasteiger partial charge < -0.3 is 20.1 Å². The van der Waals surface area contributed by atoms with Crippen LogP contribution in [0.5, 0.6) is 5.75 Å². The van der Waals surface area contributed by atoms with E-state index in [0.29, 0.717) is 12.5 Å². The Balaban J connectivity index is 0.00000420. The minimum atomic E-state index is 0. The van der Waals surface area contributed by atoms with Crippen LogP contribution in [0.2, 0.25) is 0 Å². The summed E-state index contributed by atoms with van der Waals surface area (Å²) in [4.78, 5) is 7.22. The van der Waals surface area contributed by atoms with Crippen molar-refractivity contribution in [2.45, 2.75) is 39.7 Å². The molecular weight excluding hydrogens is 479 g/mol. The number of nitrogens with one attached hydrogen (secondary N) is 2. The quantitative estimate of drug-likeness (QED) is 0.204. The molecule has 0 aromatic heterocycles. The first-order valence-corrected chi connectivity index (χ1v) is 10.7. The van der Waals surface area contributed by atoms with E-state index in [1.165, 1.54) is 0 Å². The summed E-state index contributed by atoms with van der Waals surface area (Å²) in [5.74, 6) is 2.49. The molecule has 1 aromatic carbocycles. The lowest BCUT2D eigenvalue weighted by molar-refractivity contribution is -0.0261. The molecule has 1 heterocycles. The SMILES string of the molecule is CCNC(=NCC1CN(CC(C)C)CCO1)NCCCCOc1ccccc1.I. The maximum Gasteiger partial charge on any atom is 0.191 e. The second-order valence-corrected chi connectivity index (χ2v) is 7.66. The summed E-state index contributed by atoms with van der Waals surface area (Å²) in [7, 11) is 0. The van der Waals surface area contributed by atoms with Crippen molar-refractivity contribution in [2.75, 3.05) is 52.5 Å². The summed E-state index contributed by atoms with van der Waals surface area (Å²) in [5, 5.41) is 6.74. The number of hydrogen-bond donors (Lipinski definition) is 2. The number of rotatable bonds is 11. The fourth-order valence-electron chi connectivity index (χ4n) is 3.25. The second-order valence-electron chi connectivity index (χ2n) is 7.66. The highest BCUT2D eigenvalue weighted by atomic mass is 127. The number of hydrogen-bond acceptors (Lipinski definition) is 4. The largest absolute Gasteiger partial charge is 0.494 e. The molecule has 1 fully saturated rings. The van der Waals surface area contributed by atoms with Crippen LogP contribution in [-0.4, -0.2) is 69.4 Å². The highest BCUT2D eigenvalue weighted by molar-refractivity contribution is 14.0. The smallest absolute Gasteiger partial charge is 0.191 e.